The molecule has 1 saturated carbocycles. The average Bonchev–Trinajstić information content (AvgIpc) is 3.20. The van der Waals surface area contributed by atoms with Crippen molar-refractivity contribution in [2.45, 2.75) is 55.8 Å². The second-order valence-corrected chi connectivity index (χ2v) is 9.51. The molecule has 1 atom stereocenters. The number of piperazine rings is 1. The molecule has 1 aliphatic carbocycles. The zero-order valence-corrected chi connectivity index (χ0v) is 17.1. The molecule has 10 heteroatoms. The summed E-state index contributed by atoms with van der Waals surface area (Å²) in [7, 11) is -4.28. The number of rotatable bonds is 5. The Balaban J connectivity index is 1.65. The molecule has 1 saturated heterocycles. The lowest BCUT2D eigenvalue weighted by Crippen LogP contribution is -2.55. The van der Waals surface area contributed by atoms with Crippen molar-refractivity contribution < 1.29 is 26.4 Å². The number of carbonyl (C=O) groups excluding carboxylic acids is 1. The summed E-state index contributed by atoms with van der Waals surface area (Å²) in [6, 6.07) is 4.01. The van der Waals surface area contributed by atoms with Crippen LogP contribution in [0.3, 0.4) is 0 Å². The van der Waals surface area contributed by atoms with E-state index in [2.05, 4.69) is 5.32 Å². The molecule has 1 aromatic rings. The van der Waals surface area contributed by atoms with Crippen molar-refractivity contribution >= 4 is 15.9 Å². The monoisotopic (exact) mass is 433 g/mol. The standard InChI is InChI=1S/C19H26F3N3O3S/c1-14(18(26)23-15-6-2-3-7-15)24-10-12-25(13-11-24)29(27,28)17-9-5-4-8-16(17)19(20,21)22/h4-5,8-9,14-15H,2-3,6-7,10-13H2,1H3,(H,23,26). The fourth-order valence-electron chi connectivity index (χ4n) is 3.95. The van der Waals surface area contributed by atoms with Crippen molar-refractivity contribution in [2.24, 2.45) is 0 Å². The van der Waals surface area contributed by atoms with E-state index in [-0.39, 0.29) is 38.1 Å². The molecule has 162 valence electrons. The first-order valence-electron chi connectivity index (χ1n) is 9.81. The third-order valence-corrected chi connectivity index (χ3v) is 7.67. The molecular weight excluding hydrogens is 407 g/mol. The second kappa shape index (κ2) is 8.61. The van der Waals surface area contributed by atoms with E-state index < -0.39 is 32.7 Å². The van der Waals surface area contributed by atoms with Gasteiger partial charge < -0.3 is 5.32 Å². The van der Waals surface area contributed by atoms with Crippen molar-refractivity contribution in [1.82, 2.24) is 14.5 Å². The number of sulfonamides is 1. The largest absolute Gasteiger partial charge is 0.417 e. The number of hydrogen-bond donors (Lipinski definition) is 1. The first-order valence-corrected chi connectivity index (χ1v) is 11.3. The van der Waals surface area contributed by atoms with E-state index in [1.54, 1.807) is 6.92 Å². The predicted molar refractivity (Wildman–Crippen MR) is 102 cm³/mol. The van der Waals surface area contributed by atoms with Gasteiger partial charge in [-0.1, -0.05) is 25.0 Å². The van der Waals surface area contributed by atoms with Crippen molar-refractivity contribution in [3.05, 3.63) is 29.8 Å². The van der Waals surface area contributed by atoms with E-state index in [0.29, 0.717) is 0 Å². The van der Waals surface area contributed by atoms with E-state index in [4.69, 9.17) is 0 Å². The van der Waals surface area contributed by atoms with Crippen molar-refractivity contribution in [2.75, 3.05) is 26.2 Å². The summed E-state index contributed by atoms with van der Waals surface area (Å²) in [5.41, 5.74) is -1.16. The molecule has 0 radical (unpaired) electrons. The molecule has 1 N–H and O–H groups in total. The predicted octanol–water partition coefficient (Wildman–Crippen LogP) is 2.46. The number of benzene rings is 1. The van der Waals surface area contributed by atoms with Gasteiger partial charge in [0.1, 0.15) is 0 Å². The van der Waals surface area contributed by atoms with Gasteiger partial charge in [0.05, 0.1) is 16.5 Å². The summed E-state index contributed by atoms with van der Waals surface area (Å²) in [4.78, 5) is 13.6. The van der Waals surface area contributed by atoms with Crippen molar-refractivity contribution in [3.63, 3.8) is 0 Å². The van der Waals surface area contributed by atoms with Gasteiger partial charge in [-0.2, -0.15) is 17.5 Å². The zero-order valence-electron chi connectivity index (χ0n) is 16.3. The minimum atomic E-state index is -4.75. The normalized spacial score (nSPS) is 21.2. The molecule has 2 aliphatic rings. The Kier molecular flexibility index (Phi) is 6.54. The summed E-state index contributed by atoms with van der Waals surface area (Å²) in [5.74, 6) is -0.0874. The lowest BCUT2D eigenvalue weighted by molar-refractivity contribution is -0.140. The van der Waals surface area contributed by atoms with Crippen LogP contribution in [0.2, 0.25) is 0 Å². The highest BCUT2D eigenvalue weighted by Gasteiger charge is 2.40. The Hall–Kier alpha value is -1.65. The number of amides is 1. The van der Waals surface area contributed by atoms with Gasteiger partial charge in [-0.3, -0.25) is 9.69 Å². The molecule has 0 aromatic heterocycles. The van der Waals surface area contributed by atoms with Crippen LogP contribution in [0, 0.1) is 0 Å². The number of nitrogens with one attached hydrogen (secondary N) is 1. The van der Waals surface area contributed by atoms with Crippen molar-refractivity contribution in [3.8, 4) is 0 Å². The Labute approximate surface area is 169 Å². The van der Waals surface area contributed by atoms with Crippen LogP contribution in [0.5, 0.6) is 0 Å². The van der Waals surface area contributed by atoms with Crippen LogP contribution in [0.4, 0.5) is 13.2 Å². The van der Waals surface area contributed by atoms with E-state index in [0.717, 1.165) is 42.1 Å². The quantitative estimate of drug-likeness (QED) is 0.775. The molecule has 2 fully saturated rings. The van der Waals surface area contributed by atoms with Gasteiger partial charge in [0.2, 0.25) is 15.9 Å². The van der Waals surface area contributed by atoms with Gasteiger partial charge in [-0.25, -0.2) is 8.42 Å². The number of alkyl halides is 3. The van der Waals surface area contributed by atoms with Crippen LogP contribution in [0.15, 0.2) is 29.2 Å². The Morgan fingerprint density at radius 2 is 1.69 bits per heavy atom. The van der Waals surface area contributed by atoms with Crippen molar-refractivity contribution in [1.29, 1.82) is 0 Å². The summed E-state index contributed by atoms with van der Waals surface area (Å²) in [6.07, 6.45) is -0.588. The Bertz CT molecular complexity index is 831. The highest BCUT2D eigenvalue weighted by atomic mass is 32.2. The lowest BCUT2D eigenvalue weighted by Gasteiger charge is -2.37. The highest BCUT2D eigenvalue weighted by Crippen LogP contribution is 2.35. The first kappa shape index (κ1) is 22.0. The van der Waals surface area contributed by atoms with Gasteiger partial charge in [0, 0.05) is 32.2 Å². The average molecular weight is 433 g/mol. The molecule has 6 nitrogen and oxygen atoms in total. The van der Waals surface area contributed by atoms with Gasteiger partial charge >= 0.3 is 6.18 Å². The maximum atomic E-state index is 13.2. The van der Waals surface area contributed by atoms with Crippen LogP contribution >= 0.6 is 0 Å². The summed E-state index contributed by atoms with van der Waals surface area (Å²) in [6.45, 7) is 2.41. The molecule has 1 heterocycles. The molecule has 1 aromatic carbocycles. The zero-order chi connectivity index (χ0) is 21.2. The first-order chi connectivity index (χ1) is 13.6. The van der Waals surface area contributed by atoms with Crippen LogP contribution < -0.4 is 5.32 Å². The summed E-state index contributed by atoms with van der Waals surface area (Å²) >= 11 is 0. The van der Waals surface area contributed by atoms with Gasteiger partial charge in [0.15, 0.2) is 0 Å². The molecule has 29 heavy (non-hydrogen) atoms. The summed E-state index contributed by atoms with van der Waals surface area (Å²) in [5, 5.41) is 3.03. The van der Waals surface area contributed by atoms with Gasteiger partial charge in [-0.05, 0) is 31.9 Å². The molecule has 3 rings (SSSR count). The minimum absolute atomic E-state index is 0.0373. The third-order valence-electron chi connectivity index (χ3n) is 5.71. The van der Waals surface area contributed by atoms with E-state index in [1.807, 2.05) is 4.90 Å². The molecule has 0 spiro atoms. The molecular formula is C19H26F3N3O3S. The maximum absolute atomic E-state index is 13.2. The van der Waals surface area contributed by atoms with E-state index in [1.165, 1.54) is 12.1 Å². The Morgan fingerprint density at radius 1 is 1.10 bits per heavy atom. The van der Waals surface area contributed by atoms with E-state index in [9.17, 15) is 26.4 Å². The number of carbonyl (C=O) groups is 1. The van der Waals surface area contributed by atoms with Crippen LogP contribution in [0.1, 0.15) is 38.2 Å². The third kappa shape index (κ3) is 4.92. The maximum Gasteiger partial charge on any atom is 0.417 e. The lowest BCUT2D eigenvalue weighted by atomic mass is 10.2. The Morgan fingerprint density at radius 3 is 2.28 bits per heavy atom. The van der Waals surface area contributed by atoms with E-state index >= 15 is 0 Å². The second-order valence-electron chi connectivity index (χ2n) is 7.60. The minimum Gasteiger partial charge on any atom is -0.352 e. The number of nitrogens with zero attached hydrogens (tertiary/aromatic N) is 2. The van der Waals surface area contributed by atoms with Gasteiger partial charge in [0.25, 0.3) is 0 Å². The van der Waals surface area contributed by atoms with Crippen LogP contribution in [-0.2, 0) is 21.0 Å². The van der Waals surface area contributed by atoms with Gasteiger partial charge in [-0.15, -0.1) is 0 Å². The van der Waals surface area contributed by atoms with Crippen LogP contribution in [-0.4, -0.2) is 61.8 Å². The molecule has 0 bridgehead atoms. The van der Waals surface area contributed by atoms with Crippen LogP contribution in [0.25, 0.3) is 0 Å². The SMILES string of the molecule is CC(C(=O)NC1CCCC1)N1CCN(S(=O)(=O)c2ccccc2C(F)(F)F)CC1. The highest BCUT2D eigenvalue weighted by molar-refractivity contribution is 7.89. The molecule has 1 aliphatic heterocycles. The smallest absolute Gasteiger partial charge is 0.352 e. The molecule has 1 amide bonds. The number of hydrogen-bond acceptors (Lipinski definition) is 4. The topological polar surface area (TPSA) is 69.7 Å². The molecule has 1 unspecified atom stereocenters. The number of halogens is 3. The summed E-state index contributed by atoms with van der Waals surface area (Å²) < 4.78 is 66.4. The fourth-order valence-corrected chi connectivity index (χ4v) is 5.59. The fraction of sp³-hybridized carbons (Fsp3) is 0.632.